The van der Waals surface area contributed by atoms with Crippen LogP contribution in [0.4, 0.5) is 5.13 Å². The molecule has 0 spiro atoms. The fourth-order valence-electron chi connectivity index (χ4n) is 0.773. The van der Waals surface area contributed by atoms with Crippen molar-refractivity contribution in [1.29, 1.82) is 0 Å². The van der Waals surface area contributed by atoms with Gasteiger partial charge in [-0.05, 0) is 0 Å². The zero-order chi connectivity index (χ0) is 11.3. The Balaban J connectivity index is 2.53. The van der Waals surface area contributed by atoms with Crippen molar-refractivity contribution in [3.63, 3.8) is 0 Å². The molecule has 0 amide bonds. The molecule has 1 N–H and O–H groups in total. The molecule has 15 heavy (non-hydrogen) atoms. The summed E-state index contributed by atoms with van der Waals surface area (Å²) in [6.07, 6.45) is 0. The first-order valence-electron chi connectivity index (χ1n) is 4.02. The van der Waals surface area contributed by atoms with Crippen LogP contribution in [0.2, 0.25) is 0 Å². The first-order valence-corrected chi connectivity index (χ1v) is 4.90. The molecule has 1 aromatic heterocycles. The molecule has 0 atom stereocenters. The first-order chi connectivity index (χ1) is 7.17. The van der Waals surface area contributed by atoms with Crippen molar-refractivity contribution in [2.75, 3.05) is 26.1 Å². The van der Waals surface area contributed by atoms with E-state index < -0.39 is 11.9 Å². The van der Waals surface area contributed by atoms with E-state index in [1.54, 1.807) is 5.38 Å². The molecule has 7 heteroatoms. The summed E-state index contributed by atoms with van der Waals surface area (Å²) in [4.78, 5) is 25.7. The number of aromatic nitrogens is 1. The number of ether oxygens (including phenoxy) is 2. The highest BCUT2D eigenvalue weighted by Crippen LogP contribution is 2.15. The number of methoxy groups -OCH3 is 2. The van der Waals surface area contributed by atoms with E-state index in [1.165, 1.54) is 25.6 Å². The molecule has 6 nitrogen and oxygen atoms in total. The fourth-order valence-corrected chi connectivity index (χ4v) is 1.45. The highest BCUT2D eigenvalue weighted by atomic mass is 32.1. The summed E-state index contributed by atoms with van der Waals surface area (Å²) < 4.78 is 8.91. The van der Waals surface area contributed by atoms with Crippen LogP contribution in [0.3, 0.4) is 0 Å². The van der Waals surface area contributed by atoms with Crippen molar-refractivity contribution >= 4 is 28.4 Å². The third kappa shape index (κ3) is 3.21. The number of nitrogens with one attached hydrogen (secondary N) is 1. The fraction of sp³-hybridized carbons (Fsp3) is 0.375. The quantitative estimate of drug-likeness (QED) is 0.759. The van der Waals surface area contributed by atoms with Gasteiger partial charge < -0.3 is 14.8 Å². The lowest BCUT2D eigenvalue weighted by molar-refractivity contribution is -0.138. The van der Waals surface area contributed by atoms with Gasteiger partial charge in [0.1, 0.15) is 6.54 Å². The molecule has 0 aromatic carbocycles. The molecule has 1 heterocycles. The minimum Gasteiger partial charge on any atom is -0.468 e. The average Bonchev–Trinajstić information content (AvgIpc) is 2.73. The van der Waals surface area contributed by atoms with Gasteiger partial charge in [-0.2, -0.15) is 0 Å². The second-order valence-corrected chi connectivity index (χ2v) is 3.32. The van der Waals surface area contributed by atoms with Gasteiger partial charge in [-0.3, -0.25) is 4.79 Å². The molecular formula is C8H10N2O4S. The van der Waals surface area contributed by atoms with Gasteiger partial charge in [0.25, 0.3) is 0 Å². The molecule has 82 valence electrons. The molecule has 0 aliphatic rings. The summed E-state index contributed by atoms with van der Waals surface area (Å²) in [6, 6.07) is 0. The van der Waals surface area contributed by atoms with Crippen LogP contribution in [0.15, 0.2) is 5.38 Å². The van der Waals surface area contributed by atoms with Gasteiger partial charge in [-0.15, -0.1) is 11.3 Å². The van der Waals surface area contributed by atoms with Crippen molar-refractivity contribution in [2.24, 2.45) is 0 Å². The van der Waals surface area contributed by atoms with Crippen LogP contribution < -0.4 is 5.32 Å². The van der Waals surface area contributed by atoms with Gasteiger partial charge >= 0.3 is 11.9 Å². The van der Waals surface area contributed by atoms with E-state index in [1.807, 2.05) is 0 Å². The maximum atomic E-state index is 11.0. The van der Waals surface area contributed by atoms with Gasteiger partial charge in [-0.1, -0.05) is 0 Å². The van der Waals surface area contributed by atoms with Crippen LogP contribution in [0.25, 0.3) is 0 Å². The van der Waals surface area contributed by atoms with Gasteiger partial charge in [0, 0.05) is 5.38 Å². The number of rotatable bonds is 4. The van der Waals surface area contributed by atoms with E-state index in [0.717, 1.165) is 0 Å². The summed E-state index contributed by atoms with van der Waals surface area (Å²) in [6.45, 7) is 0.0185. The minimum absolute atomic E-state index is 0.0185. The summed E-state index contributed by atoms with van der Waals surface area (Å²) in [7, 11) is 2.58. The first kappa shape index (κ1) is 11.4. The third-order valence-electron chi connectivity index (χ3n) is 1.51. The number of carbonyl (C=O) groups excluding carboxylic acids is 2. The lowest BCUT2D eigenvalue weighted by Crippen LogP contribution is -2.15. The Hall–Kier alpha value is -1.63. The molecule has 1 aromatic rings. The van der Waals surface area contributed by atoms with Crippen LogP contribution in [0, 0.1) is 0 Å². The minimum atomic E-state index is -0.502. The van der Waals surface area contributed by atoms with Crippen LogP contribution in [-0.4, -0.2) is 37.7 Å². The number of anilines is 1. The van der Waals surface area contributed by atoms with E-state index in [9.17, 15) is 9.59 Å². The van der Waals surface area contributed by atoms with E-state index in [-0.39, 0.29) is 12.2 Å². The molecule has 0 aliphatic heterocycles. The average molecular weight is 230 g/mol. The molecule has 0 saturated carbocycles. The lowest BCUT2D eigenvalue weighted by atomic mass is 10.5. The second kappa shape index (κ2) is 5.30. The Morgan fingerprint density at radius 2 is 2.20 bits per heavy atom. The van der Waals surface area contributed by atoms with E-state index >= 15 is 0 Å². The highest BCUT2D eigenvalue weighted by molar-refractivity contribution is 7.13. The van der Waals surface area contributed by atoms with Crippen molar-refractivity contribution in [1.82, 2.24) is 4.98 Å². The molecule has 0 unspecified atom stereocenters. The van der Waals surface area contributed by atoms with E-state index in [2.05, 4.69) is 19.8 Å². The standard InChI is InChI=1S/C8H10N2O4S/c1-13-6(11)3-9-8-10-5(4-15-8)7(12)14-2/h4H,3H2,1-2H3,(H,9,10). The molecule has 0 aliphatic carbocycles. The molecule has 0 fully saturated rings. The van der Waals surface area contributed by atoms with Gasteiger partial charge in [0.05, 0.1) is 14.2 Å². The van der Waals surface area contributed by atoms with Gasteiger partial charge in [-0.25, -0.2) is 9.78 Å². The summed E-state index contributed by atoms with van der Waals surface area (Å²) in [5, 5.41) is 4.74. The van der Waals surface area contributed by atoms with Crippen molar-refractivity contribution in [3.8, 4) is 0 Å². The number of carbonyl (C=O) groups is 2. The van der Waals surface area contributed by atoms with E-state index in [4.69, 9.17) is 0 Å². The Morgan fingerprint density at radius 3 is 2.80 bits per heavy atom. The largest absolute Gasteiger partial charge is 0.468 e. The Morgan fingerprint density at radius 1 is 1.47 bits per heavy atom. The summed E-state index contributed by atoms with van der Waals surface area (Å²) in [5.74, 6) is -0.901. The lowest BCUT2D eigenvalue weighted by Gasteiger charge is -1.99. The Kier molecular flexibility index (Phi) is 4.04. The van der Waals surface area contributed by atoms with Crippen molar-refractivity contribution < 1.29 is 19.1 Å². The smallest absolute Gasteiger partial charge is 0.357 e. The zero-order valence-corrected chi connectivity index (χ0v) is 9.09. The summed E-state index contributed by atoms with van der Waals surface area (Å²) in [5.41, 5.74) is 0.217. The van der Waals surface area contributed by atoms with Crippen LogP contribution >= 0.6 is 11.3 Å². The predicted octanol–water partition coefficient (Wildman–Crippen LogP) is 0.515. The number of esters is 2. The van der Waals surface area contributed by atoms with Crippen LogP contribution in [0.1, 0.15) is 10.5 Å². The molecule has 1 rings (SSSR count). The van der Waals surface area contributed by atoms with Crippen molar-refractivity contribution in [2.45, 2.75) is 0 Å². The summed E-state index contributed by atoms with van der Waals surface area (Å²) >= 11 is 1.21. The monoisotopic (exact) mass is 230 g/mol. The van der Waals surface area contributed by atoms with Crippen molar-refractivity contribution in [3.05, 3.63) is 11.1 Å². The highest BCUT2D eigenvalue weighted by Gasteiger charge is 2.10. The zero-order valence-electron chi connectivity index (χ0n) is 8.27. The number of hydrogen-bond acceptors (Lipinski definition) is 7. The Bertz CT molecular complexity index is 363. The van der Waals surface area contributed by atoms with E-state index in [0.29, 0.717) is 5.13 Å². The molecule has 0 radical (unpaired) electrons. The molecule has 0 bridgehead atoms. The third-order valence-corrected chi connectivity index (χ3v) is 2.31. The van der Waals surface area contributed by atoms with Gasteiger partial charge in [0.15, 0.2) is 10.8 Å². The number of nitrogens with zero attached hydrogens (tertiary/aromatic N) is 1. The molecule has 0 saturated heterocycles. The predicted molar refractivity (Wildman–Crippen MR) is 54.0 cm³/mol. The topological polar surface area (TPSA) is 77.5 Å². The number of thiazole rings is 1. The normalized spacial score (nSPS) is 9.47. The Labute approximate surface area is 90.2 Å². The second-order valence-electron chi connectivity index (χ2n) is 2.46. The SMILES string of the molecule is COC(=O)CNc1nc(C(=O)OC)cs1. The molecular weight excluding hydrogens is 220 g/mol. The van der Waals surface area contributed by atoms with Crippen LogP contribution in [0.5, 0.6) is 0 Å². The maximum absolute atomic E-state index is 11.0. The van der Waals surface area contributed by atoms with Crippen LogP contribution in [-0.2, 0) is 14.3 Å². The number of hydrogen-bond donors (Lipinski definition) is 1. The maximum Gasteiger partial charge on any atom is 0.357 e. The van der Waals surface area contributed by atoms with Gasteiger partial charge in [0.2, 0.25) is 0 Å².